The lowest BCUT2D eigenvalue weighted by Gasteiger charge is -2.34. The molecule has 1 saturated heterocycles. The zero-order valence-electron chi connectivity index (χ0n) is 15.5. The van der Waals surface area contributed by atoms with Crippen LogP contribution >= 0.6 is 0 Å². The summed E-state index contributed by atoms with van der Waals surface area (Å²) in [4.78, 5) is 38.4. The molecule has 2 atom stereocenters. The Bertz CT molecular complexity index is 606. The maximum absolute atomic E-state index is 12.8. The summed E-state index contributed by atoms with van der Waals surface area (Å²) in [5.41, 5.74) is -1.97. The Labute approximate surface area is 149 Å². The van der Waals surface area contributed by atoms with Gasteiger partial charge in [0.25, 0.3) is 5.91 Å². The van der Waals surface area contributed by atoms with Crippen molar-refractivity contribution in [3.63, 3.8) is 0 Å². The van der Waals surface area contributed by atoms with Crippen molar-refractivity contribution in [1.29, 1.82) is 5.26 Å². The van der Waals surface area contributed by atoms with Gasteiger partial charge in [-0.25, -0.2) is 4.79 Å². The van der Waals surface area contributed by atoms with Gasteiger partial charge in [0.05, 0.1) is 6.07 Å². The zero-order valence-corrected chi connectivity index (χ0v) is 15.5. The van der Waals surface area contributed by atoms with E-state index in [9.17, 15) is 19.6 Å². The summed E-state index contributed by atoms with van der Waals surface area (Å²) in [6.07, 6.45) is 5.07. The lowest BCUT2D eigenvalue weighted by atomic mass is 9.75. The van der Waals surface area contributed by atoms with Gasteiger partial charge in [-0.3, -0.25) is 14.5 Å². The first kappa shape index (κ1) is 19.2. The van der Waals surface area contributed by atoms with Crippen molar-refractivity contribution in [1.82, 2.24) is 15.5 Å². The van der Waals surface area contributed by atoms with Crippen LogP contribution in [0, 0.1) is 23.2 Å². The number of nitrogens with zero attached hydrogens (tertiary/aromatic N) is 2. The van der Waals surface area contributed by atoms with Crippen molar-refractivity contribution in [2.45, 2.75) is 70.9 Å². The van der Waals surface area contributed by atoms with Crippen LogP contribution in [0.15, 0.2) is 0 Å². The average Bonchev–Trinajstić information content (AvgIpc) is 2.79. The van der Waals surface area contributed by atoms with Crippen LogP contribution in [0.3, 0.4) is 0 Å². The van der Waals surface area contributed by atoms with Gasteiger partial charge in [0.1, 0.15) is 17.6 Å². The molecule has 0 spiro atoms. The second kappa shape index (κ2) is 7.03. The molecule has 1 aliphatic heterocycles. The summed E-state index contributed by atoms with van der Waals surface area (Å²) in [5.74, 6) is -0.847. The van der Waals surface area contributed by atoms with E-state index in [0.29, 0.717) is 0 Å². The molecular formula is C18H28N4O3. The van der Waals surface area contributed by atoms with E-state index in [1.807, 2.05) is 13.8 Å². The standard InChI is InChI=1S/C18H28N4O3/c1-12(2)17(3,11-19)20-14(23)10-22-15(24)18(4,21-16(22)25)13-8-6-5-7-9-13/h12-13H,5-10H2,1-4H3,(H,20,23)(H,21,25)/t17-,18-/m1/s1. The van der Waals surface area contributed by atoms with Gasteiger partial charge in [-0.1, -0.05) is 33.1 Å². The predicted molar refractivity (Wildman–Crippen MR) is 92.2 cm³/mol. The van der Waals surface area contributed by atoms with Gasteiger partial charge < -0.3 is 10.6 Å². The van der Waals surface area contributed by atoms with Gasteiger partial charge in [-0.05, 0) is 38.5 Å². The molecule has 2 aliphatic rings. The number of hydrogen-bond acceptors (Lipinski definition) is 4. The molecule has 1 aliphatic carbocycles. The average molecular weight is 348 g/mol. The number of carbonyl (C=O) groups is 3. The maximum atomic E-state index is 12.8. The highest BCUT2D eigenvalue weighted by Crippen LogP contribution is 2.36. The smallest absolute Gasteiger partial charge is 0.325 e. The van der Waals surface area contributed by atoms with E-state index in [1.165, 1.54) is 0 Å². The van der Waals surface area contributed by atoms with Gasteiger partial charge in [0.2, 0.25) is 5.91 Å². The Hall–Kier alpha value is -2.10. The quantitative estimate of drug-likeness (QED) is 0.741. The molecule has 2 N–H and O–H groups in total. The molecule has 0 unspecified atom stereocenters. The number of imide groups is 1. The fourth-order valence-corrected chi connectivity index (χ4v) is 3.59. The van der Waals surface area contributed by atoms with E-state index >= 15 is 0 Å². The van der Waals surface area contributed by atoms with Crippen LogP contribution in [0.25, 0.3) is 0 Å². The number of hydrogen-bond donors (Lipinski definition) is 2. The minimum absolute atomic E-state index is 0.0999. The fourth-order valence-electron chi connectivity index (χ4n) is 3.59. The van der Waals surface area contributed by atoms with Crippen molar-refractivity contribution in [2.75, 3.05) is 6.54 Å². The van der Waals surface area contributed by atoms with E-state index in [0.717, 1.165) is 37.0 Å². The second-order valence-electron chi connectivity index (χ2n) is 7.88. The number of nitriles is 1. The van der Waals surface area contributed by atoms with Crippen LogP contribution in [0.1, 0.15) is 59.8 Å². The minimum Gasteiger partial charge on any atom is -0.336 e. The molecule has 25 heavy (non-hydrogen) atoms. The number of carbonyl (C=O) groups excluding carboxylic acids is 3. The van der Waals surface area contributed by atoms with Crippen LogP contribution in [0.5, 0.6) is 0 Å². The third-order valence-electron chi connectivity index (χ3n) is 5.81. The Morgan fingerprint density at radius 3 is 2.52 bits per heavy atom. The van der Waals surface area contributed by atoms with Crippen molar-refractivity contribution in [3.8, 4) is 6.07 Å². The molecule has 1 saturated carbocycles. The summed E-state index contributed by atoms with van der Waals surface area (Å²) in [7, 11) is 0. The predicted octanol–water partition coefficient (Wildman–Crippen LogP) is 1.93. The van der Waals surface area contributed by atoms with Gasteiger partial charge >= 0.3 is 6.03 Å². The Morgan fingerprint density at radius 1 is 1.40 bits per heavy atom. The lowest BCUT2D eigenvalue weighted by molar-refractivity contribution is -0.136. The largest absolute Gasteiger partial charge is 0.336 e. The van der Waals surface area contributed by atoms with Crippen LogP contribution < -0.4 is 10.6 Å². The van der Waals surface area contributed by atoms with Crippen LogP contribution in [-0.4, -0.2) is 40.4 Å². The highest BCUT2D eigenvalue weighted by molar-refractivity contribution is 6.09. The third kappa shape index (κ3) is 3.63. The zero-order chi connectivity index (χ0) is 18.8. The fraction of sp³-hybridized carbons (Fsp3) is 0.778. The number of amides is 4. The van der Waals surface area contributed by atoms with E-state index in [1.54, 1.807) is 13.8 Å². The molecule has 0 bridgehead atoms. The van der Waals surface area contributed by atoms with Crippen molar-refractivity contribution >= 4 is 17.8 Å². The second-order valence-corrected chi connectivity index (χ2v) is 7.88. The minimum atomic E-state index is -1.04. The van der Waals surface area contributed by atoms with Crippen molar-refractivity contribution in [2.24, 2.45) is 11.8 Å². The topological polar surface area (TPSA) is 102 Å². The highest BCUT2D eigenvalue weighted by atomic mass is 16.2. The molecular weight excluding hydrogens is 320 g/mol. The third-order valence-corrected chi connectivity index (χ3v) is 5.81. The SMILES string of the molecule is CC(C)[C@@](C)(C#N)NC(=O)CN1C(=O)N[C@](C)(C2CCCCC2)C1=O. The Balaban J connectivity index is 2.08. The van der Waals surface area contributed by atoms with Crippen molar-refractivity contribution < 1.29 is 14.4 Å². The molecule has 2 rings (SSSR count). The first-order chi connectivity index (χ1) is 11.6. The highest BCUT2D eigenvalue weighted by Gasteiger charge is 2.52. The van der Waals surface area contributed by atoms with Crippen molar-refractivity contribution in [3.05, 3.63) is 0 Å². The Kier molecular flexibility index (Phi) is 5.40. The normalized spacial score (nSPS) is 27.0. The molecule has 7 nitrogen and oxygen atoms in total. The van der Waals surface area contributed by atoms with E-state index < -0.39 is 23.0 Å². The molecule has 2 fully saturated rings. The maximum Gasteiger partial charge on any atom is 0.325 e. The molecule has 4 amide bonds. The van der Waals surface area contributed by atoms with E-state index in [2.05, 4.69) is 16.7 Å². The summed E-state index contributed by atoms with van der Waals surface area (Å²) in [6, 6.07) is 1.56. The molecule has 1 heterocycles. The summed E-state index contributed by atoms with van der Waals surface area (Å²) in [6.45, 7) is 6.69. The monoisotopic (exact) mass is 348 g/mol. The number of urea groups is 1. The summed E-state index contributed by atoms with van der Waals surface area (Å²) in [5, 5.41) is 14.7. The number of nitrogens with one attached hydrogen (secondary N) is 2. The first-order valence-corrected chi connectivity index (χ1v) is 9.00. The van der Waals surface area contributed by atoms with Gasteiger partial charge in [-0.2, -0.15) is 5.26 Å². The molecule has 0 aromatic heterocycles. The molecule has 0 radical (unpaired) electrons. The summed E-state index contributed by atoms with van der Waals surface area (Å²) < 4.78 is 0. The number of rotatable bonds is 5. The van der Waals surface area contributed by atoms with Crippen LogP contribution in [-0.2, 0) is 9.59 Å². The van der Waals surface area contributed by atoms with Crippen LogP contribution in [0.2, 0.25) is 0 Å². The summed E-state index contributed by atoms with van der Waals surface area (Å²) >= 11 is 0. The van der Waals surface area contributed by atoms with Gasteiger partial charge in [0, 0.05) is 0 Å². The molecule has 0 aromatic rings. The molecule has 7 heteroatoms. The van der Waals surface area contributed by atoms with Gasteiger partial charge in [-0.15, -0.1) is 0 Å². The van der Waals surface area contributed by atoms with E-state index in [4.69, 9.17) is 0 Å². The van der Waals surface area contributed by atoms with E-state index in [-0.39, 0.29) is 24.3 Å². The Morgan fingerprint density at radius 2 is 2.00 bits per heavy atom. The first-order valence-electron chi connectivity index (χ1n) is 9.00. The van der Waals surface area contributed by atoms with Crippen LogP contribution in [0.4, 0.5) is 4.79 Å². The lowest BCUT2D eigenvalue weighted by Crippen LogP contribution is -2.53. The van der Waals surface area contributed by atoms with Gasteiger partial charge in [0.15, 0.2) is 0 Å². The molecule has 138 valence electrons. The molecule has 0 aromatic carbocycles.